The summed E-state index contributed by atoms with van der Waals surface area (Å²) in [5, 5.41) is 0. The molecule has 3 aliphatic carbocycles. The van der Waals surface area contributed by atoms with Crippen LogP contribution in [-0.4, -0.2) is 6.11 Å². The molecule has 0 bridgehead atoms. The summed E-state index contributed by atoms with van der Waals surface area (Å²) in [6, 6.07) is 7.47. The van der Waals surface area contributed by atoms with Crippen molar-refractivity contribution in [2.24, 2.45) is 35.5 Å². The van der Waals surface area contributed by atoms with E-state index in [0.717, 1.165) is 60.9 Å². The Morgan fingerprint density at radius 1 is 0.625 bits per heavy atom. The minimum absolute atomic E-state index is 0.0256. The Balaban J connectivity index is 1.12. The van der Waals surface area contributed by atoms with Gasteiger partial charge >= 0.3 is 12.3 Å². The molecule has 0 amide bonds. The molecule has 0 aliphatic heterocycles. The van der Waals surface area contributed by atoms with Gasteiger partial charge < -0.3 is 4.74 Å². The number of ether oxygens (including phenoxy) is 1. The van der Waals surface area contributed by atoms with Gasteiger partial charge in [0, 0.05) is 11.6 Å². The van der Waals surface area contributed by atoms with E-state index in [2.05, 4.69) is 6.92 Å². The summed E-state index contributed by atoms with van der Waals surface area (Å²) >= 11 is 0. The van der Waals surface area contributed by atoms with Crippen LogP contribution in [-0.2, 0) is 6.18 Å². The number of halogens is 6. The minimum atomic E-state index is -4.49. The van der Waals surface area contributed by atoms with Gasteiger partial charge in [-0.2, -0.15) is 22.0 Å². The summed E-state index contributed by atoms with van der Waals surface area (Å²) in [4.78, 5) is 0. The predicted molar refractivity (Wildman–Crippen MR) is 144 cm³/mol. The molecule has 0 aromatic heterocycles. The fourth-order valence-electron chi connectivity index (χ4n) is 7.64. The summed E-state index contributed by atoms with van der Waals surface area (Å²) in [6.07, 6.45) is 4.94. The third-order valence-electron chi connectivity index (χ3n) is 10.2. The largest absolute Gasteiger partial charge is 0.432 e. The Morgan fingerprint density at radius 2 is 1.10 bits per heavy atom. The molecule has 1 nitrogen and oxygen atoms in total. The van der Waals surface area contributed by atoms with Crippen LogP contribution in [0.25, 0.3) is 11.1 Å². The molecule has 40 heavy (non-hydrogen) atoms. The van der Waals surface area contributed by atoms with E-state index in [1.165, 1.54) is 63.5 Å². The lowest BCUT2D eigenvalue weighted by molar-refractivity contribution is -0.224. The van der Waals surface area contributed by atoms with Gasteiger partial charge in [-0.3, -0.25) is 0 Å². The molecule has 0 unspecified atom stereocenters. The predicted octanol–water partition coefficient (Wildman–Crippen LogP) is 10.9. The zero-order valence-corrected chi connectivity index (χ0v) is 23.2. The highest BCUT2D eigenvalue weighted by molar-refractivity contribution is 5.65. The molecule has 0 atom stereocenters. The second-order valence-corrected chi connectivity index (χ2v) is 12.7. The van der Waals surface area contributed by atoms with Crippen molar-refractivity contribution < 1.29 is 31.1 Å². The monoisotopic (exact) mass is 566 g/mol. The van der Waals surface area contributed by atoms with Gasteiger partial charge in [-0.15, -0.1) is 0 Å². The van der Waals surface area contributed by atoms with Crippen molar-refractivity contribution in [2.75, 3.05) is 0 Å². The van der Waals surface area contributed by atoms with Gasteiger partial charge in [0.2, 0.25) is 0 Å². The molecule has 2 aromatic rings. The highest BCUT2D eigenvalue weighted by Gasteiger charge is 2.45. The van der Waals surface area contributed by atoms with Crippen molar-refractivity contribution in [3.05, 3.63) is 53.8 Å². The van der Waals surface area contributed by atoms with Crippen molar-refractivity contribution in [2.45, 2.75) is 96.3 Å². The van der Waals surface area contributed by atoms with Crippen molar-refractivity contribution in [1.82, 2.24) is 0 Å². The third-order valence-corrected chi connectivity index (χ3v) is 10.2. The van der Waals surface area contributed by atoms with Crippen LogP contribution in [0, 0.1) is 41.3 Å². The van der Waals surface area contributed by atoms with Crippen LogP contribution in [0.1, 0.15) is 89.5 Å². The Hall–Kier alpha value is -2.18. The second-order valence-electron chi connectivity index (χ2n) is 12.7. The first-order valence-corrected chi connectivity index (χ1v) is 15.0. The molecule has 3 saturated carbocycles. The van der Waals surface area contributed by atoms with E-state index in [9.17, 15) is 17.6 Å². The molecule has 3 fully saturated rings. The molecule has 0 saturated heterocycles. The third kappa shape index (κ3) is 6.82. The molecule has 0 heterocycles. The smallest absolute Gasteiger partial charge is 0.416 e. The standard InChI is InChI=1S/C33H40F6O/c1-21-2-4-22(5-3-21)23-6-8-24(9-7-23)25-10-16-28(17-11-25)33(38,39)40-29-18-19-30(31(34)20-29)26-12-14-27(15-13-26)32(35,36)37/h12-15,18-25,28H,2-11,16-17H2,1H3. The number of hydrogen-bond acceptors (Lipinski definition) is 1. The van der Waals surface area contributed by atoms with Crippen molar-refractivity contribution in [1.29, 1.82) is 0 Å². The number of hydrogen-bond donors (Lipinski definition) is 0. The summed E-state index contributed by atoms with van der Waals surface area (Å²) < 4.78 is 88.4. The van der Waals surface area contributed by atoms with Crippen molar-refractivity contribution in [3.8, 4) is 16.9 Å². The maximum absolute atomic E-state index is 15.1. The molecule has 0 N–H and O–H groups in total. The summed E-state index contributed by atoms with van der Waals surface area (Å²) in [5.74, 6) is 1.73. The van der Waals surface area contributed by atoms with Gasteiger partial charge in [0.05, 0.1) is 11.5 Å². The molecule has 7 heteroatoms. The van der Waals surface area contributed by atoms with E-state index < -0.39 is 29.6 Å². The topological polar surface area (TPSA) is 9.23 Å². The Morgan fingerprint density at radius 3 is 1.57 bits per heavy atom. The van der Waals surface area contributed by atoms with Crippen LogP contribution < -0.4 is 4.74 Å². The number of rotatable bonds is 6. The van der Waals surface area contributed by atoms with E-state index in [1.54, 1.807) is 0 Å². The Kier molecular flexibility index (Phi) is 8.77. The minimum Gasteiger partial charge on any atom is -0.432 e. The SMILES string of the molecule is CC1CCC(C2CCC(C3CCC(C(F)(F)Oc4ccc(-c5ccc(C(F)(F)F)cc5)c(F)c4)CC3)CC2)CC1. The summed E-state index contributed by atoms with van der Waals surface area (Å²) in [7, 11) is 0. The Labute approximate surface area is 233 Å². The molecular weight excluding hydrogens is 526 g/mol. The lowest BCUT2D eigenvalue weighted by atomic mass is 9.65. The zero-order valence-electron chi connectivity index (χ0n) is 23.2. The molecule has 220 valence electrons. The van der Waals surface area contributed by atoms with Crippen molar-refractivity contribution >= 4 is 0 Å². The van der Waals surface area contributed by atoms with E-state index in [-0.39, 0.29) is 16.9 Å². The van der Waals surface area contributed by atoms with Gasteiger partial charge in [-0.25, -0.2) is 4.39 Å². The lowest BCUT2D eigenvalue weighted by Gasteiger charge is -2.41. The van der Waals surface area contributed by atoms with Crippen LogP contribution >= 0.6 is 0 Å². The van der Waals surface area contributed by atoms with Crippen LogP contribution in [0.5, 0.6) is 5.75 Å². The van der Waals surface area contributed by atoms with Crippen LogP contribution in [0.15, 0.2) is 42.5 Å². The molecule has 2 aromatic carbocycles. The average Bonchev–Trinajstić information content (AvgIpc) is 2.93. The molecule has 0 radical (unpaired) electrons. The fourth-order valence-corrected chi connectivity index (χ4v) is 7.64. The van der Waals surface area contributed by atoms with Gasteiger partial charge in [0.15, 0.2) is 0 Å². The van der Waals surface area contributed by atoms with E-state index in [1.807, 2.05) is 0 Å². The first-order chi connectivity index (χ1) is 19.0. The second kappa shape index (κ2) is 12.0. The average molecular weight is 567 g/mol. The van der Waals surface area contributed by atoms with E-state index in [0.29, 0.717) is 24.7 Å². The van der Waals surface area contributed by atoms with Gasteiger partial charge in [-0.1, -0.05) is 31.9 Å². The van der Waals surface area contributed by atoms with E-state index in [4.69, 9.17) is 4.74 Å². The highest BCUT2D eigenvalue weighted by atomic mass is 19.4. The Bertz CT molecular complexity index is 1100. The molecule has 5 rings (SSSR count). The van der Waals surface area contributed by atoms with Gasteiger partial charge in [0.25, 0.3) is 0 Å². The van der Waals surface area contributed by atoms with Crippen molar-refractivity contribution in [3.63, 3.8) is 0 Å². The quantitative estimate of drug-likeness (QED) is 0.316. The van der Waals surface area contributed by atoms with Gasteiger partial charge in [-0.05, 0) is 124 Å². The lowest BCUT2D eigenvalue weighted by Crippen LogP contribution is -2.38. The number of alkyl halides is 5. The first-order valence-electron chi connectivity index (χ1n) is 15.0. The number of benzene rings is 2. The van der Waals surface area contributed by atoms with E-state index >= 15 is 8.78 Å². The van der Waals surface area contributed by atoms with Crippen LogP contribution in [0.2, 0.25) is 0 Å². The van der Waals surface area contributed by atoms with Crippen LogP contribution in [0.3, 0.4) is 0 Å². The molecule has 0 spiro atoms. The summed E-state index contributed by atoms with van der Waals surface area (Å²) in [5.41, 5.74) is -0.588. The zero-order chi connectivity index (χ0) is 28.5. The maximum Gasteiger partial charge on any atom is 0.416 e. The van der Waals surface area contributed by atoms with Crippen LogP contribution in [0.4, 0.5) is 26.3 Å². The maximum atomic E-state index is 15.1. The summed E-state index contributed by atoms with van der Waals surface area (Å²) in [6.45, 7) is 2.36. The normalized spacial score (nSPS) is 30.2. The highest BCUT2D eigenvalue weighted by Crippen LogP contribution is 2.48. The first kappa shape index (κ1) is 29.3. The fraction of sp³-hybridized carbons (Fsp3) is 0.636. The molecule has 3 aliphatic rings. The van der Waals surface area contributed by atoms with Gasteiger partial charge in [0.1, 0.15) is 11.6 Å². The molecular formula is C33H40F6O.